The van der Waals surface area contributed by atoms with Gasteiger partial charge in [-0.3, -0.25) is 9.69 Å². The zero-order valence-electron chi connectivity index (χ0n) is 15.4. The number of morpholine rings is 1. The van der Waals surface area contributed by atoms with Crippen LogP contribution in [0.15, 0.2) is 24.3 Å². The molecule has 1 heterocycles. The van der Waals surface area contributed by atoms with E-state index in [1.807, 2.05) is 6.92 Å². The van der Waals surface area contributed by atoms with Crippen molar-refractivity contribution in [3.8, 4) is 0 Å². The molecule has 24 heavy (non-hydrogen) atoms. The molecule has 1 fully saturated rings. The second-order valence-corrected chi connectivity index (χ2v) is 7.16. The van der Waals surface area contributed by atoms with Gasteiger partial charge in [-0.05, 0) is 43.4 Å². The Morgan fingerprint density at radius 2 is 1.83 bits per heavy atom. The third kappa shape index (κ3) is 6.25. The Kier molecular flexibility index (Phi) is 7.73. The molecule has 0 radical (unpaired) electrons. The monoisotopic (exact) mass is 332 g/mol. The van der Waals surface area contributed by atoms with Crippen molar-refractivity contribution in [1.29, 1.82) is 0 Å². The Morgan fingerprint density at radius 3 is 2.46 bits per heavy atom. The zero-order chi connectivity index (χ0) is 17.4. The van der Waals surface area contributed by atoms with Gasteiger partial charge in [-0.1, -0.05) is 38.1 Å². The summed E-state index contributed by atoms with van der Waals surface area (Å²) in [5, 5.41) is 3.07. The molecule has 0 aliphatic carbocycles. The SMILES string of the molecule is CC(C)Cc1ccc(C(C)C(=O)NCCCN2CCOCC2)cc1. The number of benzene rings is 1. The molecule has 134 valence electrons. The van der Waals surface area contributed by atoms with Crippen molar-refractivity contribution in [3.63, 3.8) is 0 Å². The fraction of sp³-hybridized carbons (Fsp3) is 0.650. The molecule has 1 aliphatic rings. The van der Waals surface area contributed by atoms with Crippen LogP contribution < -0.4 is 5.32 Å². The predicted molar refractivity (Wildman–Crippen MR) is 98.3 cm³/mol. The van der Waals surface area contributed by atoms with Gasteiger partial charge in [0.1, 0.15) is 0 Å². The van der Waals surface area contributed by atoms with Crippen LogP contribution in [0, 0.1) is 5.92 Å². The lowest BCUT2D eigenvalue weighted by Crippen LogP contribution is -2.38. The van der Waals surface area contributed by atoms with E-state index in [2.05, 4.69) is 48.3 Å². The molecule has 0 spiro atoms. The van der Waals surface area contributed by atoms with Crippen LogP contribution in [0.25, 0.3) is 0 Å². The van der Waals surface area contributed by atoms with Crippen LogP contribution in [0.4, 0.5) is 0 Å². The number of hydrogen-bond acceptors (Lipinski definition) is 3. The minimum absolute atomic E-state index is 0.0958. The first-order chi connectivity index (χ1) is 11.6. The summed E-state index contributed by atoms with van der Waals surface area (Å²) in [5.74, 6) is 0.679. The Morgan fingerprint density at radius 1 is 1.17 bits per heavy atom. The standard InChI is InChI=1S/C20H32N2O2/c1-16(2)15-18-5-7-19(8-6-18)17(3)20(23)21-9-4-10-22-11-13-24-14-12-22/h5-8,16-17H,4,9-15H2,1-3H3,(H,21,23). The quantitative estimate of drug-likeness (QED) is 0.744. The topological polar surface area (TPSA) is 41.6 Å². The number of nitrogens with one attached hydrogen (secondary N) is 1. The fourth-order valence-corrected chi connectivity index (χ4v) is 3.06. The van der Waals surface area contributed by atoms with Crippen LogP contribution in [0.5, 0.6) is 0 Å². The van der Waals surface area contributed by atoms with Gasteiger partial charge in [-0.2, -0.15) is 0 Å². The van der Waals surface area contributed by atoms with E-state index in [-0.39, 0.29) is 11.8 Å². The van der Waals surface area contributed by atoms with Crippen LogP contribution in [0.3, 0.4) is 0 Å². The lowest BCUT2D eigenvalue weighted by molar-refractivity contribution is -0.122. The summed E-state index contributed by atoms with van der Waals surface area (Å²) < 4.78 is 5.34. The van der Waals surface area contributed by atoms with E-state index in [1.165, 1.54) is 5.56 Å². The lowest BCUT2D eigenvalue weighted by atomic mass is 9.96. The molecule has 4 heteroatoms. The van der Waals surface area contributed by atoms with Crippen LogP contribution >= 0.6 is 0 Å². The summed E-state index contributed by atoms with van der Waals surface area (Å²) in [6, 6.07) is 8.49. The molecule has 0 aromatic heterocycles. The molecule has 1 unspecified atom stereocenters. The Hall–Kier alpha value is -1.39. The minimum Gasteiger partial charge on any atom is -0.379 e. The molecular formula is C20H32N2O2. The van der Waals surface area contributed by atoms with Crippen LogP contribution in [0.1, 0.15) is 44.2 Å². The molecule has 4 nitrogen and oxygen atoms in total. The molecule has 1 N–H and O–H groups in total. The molecule has 2 rings (SSSR count). The first kappa shape index (κ1) is 18.9. The fourth-order valence-electron chi connectivity index (χ4n) is 3.06. The molecule has 1 aromatic carbocycles. The Labute approximate surface area is 146 Å². The summed E-state index contributed by atoms with van der Waals surface area (Å²) in [4.78, 5) is 14.7. The van der Waals surface area contributed by atoms with Gasteiger partial charge in [0, 0.05) is 19.6 Å². The maximum atomic E-state index is 12.3. The van der Waals surface area contributed by atoms with E-state index < -0.39 is 0 Å². The van der Waals surface area contributed by atoms with E-state index in [1.54, 1.807) is 0 Å². The maximum Gasteiger partial charge on any atom is 0.227 e. The third-order valence-electron chi connectivity index (χ3n) is 4.57. The largest absolute Gasteiger partial charge is 0.379 e. The average molecular weight is 332 g/mol. The highest BCUT2D eigenvalue weighted by Crippen LogP contribution is 2.17. The Bertz CT molecular complexity index is 493. The highest BCUT2D eigenvalue weighted by atomic mass is 16.5. The number of rotatable bonds is 8. The van der Waals surface area contributed by atoms with E-state index in [0.29, 0.717) is 5.92 Å². The normalized spacial score (nSPS) is 17.0. The second kappa shape index (κ2) is 9.80. The molecule has 0 saturated carbocycles. The van der Waals surface area contributed by atoms with Gasteiger partial charge in [0.25, 0.3) is 0 Å². The van der Waals surface area contributed by atoms with Gasteiger partial charge in [0.15, 0.2) is 0 Å². The van der Waals surface area contributed by atoms with Crippen molar-refractivity contribution < 1.29 is 9.53 Å². The van der Waals surface area contributed by atoms with Crippen molar-refractivity contribution in [2.75, 3.05) is 39.4 Å². The van der Waals surface area contributed by atoms with Gasteiger partial charge >= 0.3 is 0 Å². The van der Waals surface area contributed by atoms with E-state index in [4.69, 9.17) is 4.74 Å². The number of nitrogens with zero attached hydrogens (tertiary/aromatic N) is 1. The van der Waals surface area contributed by atoms with Gasteiger partial charge in [0.2, 0.25) is 5.91 Å². The number of carbonyl (C=O) groups is 1. The predicted octanol–water partition coefficient (Wildman–Crippen LogP) is 2.83. The second-order valence-electron chi connectivity index (χ2n) is 7.16. The summed E-state index contributed by atoms with van der Waals surface area (Å²) in [7, 11) is 0. The average Bonchev–Trinajstić information content (AvgIpc) is 2.59. The van der Waals surface area contributed by atoms with Gasteiger partial charge in [0.05, 0.1) is 19.1 Å². The van der Waals surface area contributed by atoms with Crippen molar-refractivity contribution in [2.45, 2.75) is 39.5 Å². The smallest absolute Gasteiger partial charge is 0.227 e. The molecule has 1 saturated heterocycles. The molecule has 1 aromatic rings. The minimum atomic E-state index is -0.0958. The van der Waals surface area contributed by atoms with Crippen molar-refractivity contribution >= 4 is 5.91 Å². The molecule has 1 aliphatic heterocycles. The number of hydrogen-bond donors (Lipinski definition) is 1. The third-order valence-corrected chi connectivity index (χ3v) is 4.57. The van der Waals surface area contributed by atoms with Crippen LogP contribution in [-0.4, -0.2) is 50.2 Å². The van der Waals surface area contributed by atoms with Gasteiger partial charge in [-0.25, -0.2) is 0 Å². The van der Waals surface area contributed by atoms with Crippen LogP contribution in [-0.2, 0) is 16.0 Å². The van der Waals surface area contributed by atoms with E-state index in [0.717, 1.165) is 57.8 Å². The highest BCUT2D eigenvalue weighted by Gasteiger charge is 2.15. The number of amides is 1. The van der Waals surface area contributed by atoms with Crippen molar-refractivity contribution in [2.24, 2.45) is 5.92 Å². The first-order valence-electron chi connectivity index (χ1n) is 9.23. The van der Waals surface area contributed by atoms with Crippen molar-refractivity contribution in [1.82, 2.24) is 10.2 Å². The molecule has 1 amide bonds. The summed E-state index contributed by atoms with van der Waals surface area (Å²) in [6.45, 7) is 11.9. The van der Waals surface area contributed by atoms with Gasteiger partial charge < -0.3 is 10.1 Å². The summed E-state index contributed by atoms with van der Waals surface area (Å²) in [5.41, 5.74) is 2.43. The van der Waals surface area contributed by atoms with Crippen molar-refractivity contribution in [3.05, 3.63) is 35.4 Å². The highest BCUT2D eigenvalue weighted by molar-refractivity contribution is 5.83. The van der Waals surface area contributed by atoms with Crippen LogP contribution in [0.2, 0.25) is 0 Å². The van der Waals surface area contributed by atoms with E-state index in [9.17, 15) is 4.79 Å². The Balaban J connectivity index is 1.71. The molecular weight excluding hydrogens is 300 g/mol. The summed E-state index contributed by atoms with van der Waals surface area (Å²) >= 11 is 0. The van der Waals surface area contributed by atoms with Gasteiger partial charge in [-0.15, -0.1) is 0 Å². The molecule has 1 atom stereocenters. The zero-order valence-corrected chi connectivity index (χ0v) is 15.4. The lowest BCUT2D eigenvalue weighted by Gasteiger charge is -2.26. The number of ether oxygens (including phenoxy) is 1. The summed E-state index contributed by atoms with van der Waals surface area (Å²) in [6.07, 6.45) is 2.08. The maximum absolute atomic E-state index is 12.3. The number of carbonyl (C=O) groups excluding carboxylic acids is 1. The van der Waals surface area contributed by atoms with E-state index >= 15 is 0 Å². The first-order valence-corrected chi connectivity index (χ1v) is 9.23. The molecule has 0 bridgehead atoms.